The Kier molecular flexibility index (Phi) is 4.55. The molecular formula is C18H25N3O2. The first-order valence-electron chi connectivity index (χ1n) is 8.50. The third-order valence-electron chi connectivity index (χ3n) is 5.11. The average Bonchev–Trinajstić information content (AvgIpc) is 2.60. The summed E-state index contributed by atoms with van der Waals surface area (Å²) in [6.45, 7) is 4.06. The number of piperidine rings is 1. The highest BCUT2D eigenvalue weighted by Gasteiger charge is 2.32. The lowest BCUT2D eigenvalue weighted by atomic mass is 9.96. The quantitative estimate of drug-likeness (QED) is 0.920. The summed E-state index contributed by atoms with van der Waals surface area (Å²) in [6, 6.07) is 8.11. The van der Waals surface area contributed by atoms with Gasteiger partial charge in [0, 0.05) is 25.3 Å². The van der Waals surface area contributed by atoms with Gasteiger partial charge in [0.25, 0.3) is 0 Å². The van der Waals surface area contributed by atoms with E-state index < -0.39 is 0 Å². The molecule has 0 radical (unpaired) electrons. The van der Waals surface area contributed by atoms with Crippen molar-refractivity contribution in [2.75, 3.05) is 24.5 Å². The molecule has 2 aliphatic heterocycles. The molecule has 2 amide bonds. The van der Waals surface area contributed by atoms with Gasteiger partial charge in [0.05, 0.1) is 5.92 Å². The zero-order valence-corrected chi connectivity index (χ0v) is 13.7. The van der Waals surface area contributed by atoms with E-state index in [0.29, 0.717) is 6.54 Å². The fourth-order valence-corrected chi connectivity index (χ4v) is 3.77. The summed E-state index contributed by atoms with van der Waals surface area (Å²) in [7, 11) is 0. The first-order chi connectivity index (χ1) is 11.1. The molecule has 3 rings (SSSR count). The van der Waals surface area contributed by atoms with E-state index in [1.54, 1.807) is 0 Å². The van der Waals surface area contributed by atoms with Gasteiger partial charge in [-0.1, -0.05) is 18.2 Å². The maximum atomic E-state index is 12.9. The molecule has 5 nitrogen and oxygen atoms in total. The molecule has 2 atom stereocenters. The standard InChI is InChI=1S/C18H25N3O2/c1-13(18(23)20-10-4-8-15(12-20)17(19)22)21-11-5-7-14-6-2-3-9-16(14)21/h2-3,6,9,13,15H,4-5,7-8,10-12H2,1H3,(H2,19,22)/t13-,15+/m0/s1. The van der Waals surface area contributed by atoms with Gasteiger partial charge in [0.2, 0.25) is 11.8 Å². The first kappa shape index (κ1) is 15.8. The Morgan fingerprint density at radius 3 is 2.78 bits per heavy atom. The lowest BCUT2D eigenvalue weighted by Crippen LogP contribution is -2.52. The minimum absolute atomic E-state index is 0.104. The summed E-state index contributed by atoms with van der Waals surface area (Å²) in [4.78, 5) is 28.4. The van der Waals surface area contributed by atoms with Crippen LogP contribution in [0.1, 0.15) is 31.7 Å². The molecule has 2 aliphatic rings. The molecule has 1 aromatic carbocycles. The van der Waals surface area contributed by atoms with Crippen LogP contribution < -0.4 is 10.6 Å². The number of carbonyl (C=O) groups is 2. The largest absolute Gasteiger partial charge is 0.369 e. The molecule has 0 spiro atoms. The van der Waals surface area contributed by atoms with Crippen molar-refractivity contribution in [1.82, 2.24) is 4.90 Å². The van der Waals surface area contributed by atoms with Gasteiger partial charge in [0.1, 0.15) is 6.04 Å². The minimum atomic E-state index is -0.293. The highest BCUT2D eigenvalue weighted by Crippen LogP contribution is 2.29. The zero-order valence-electron chi connectivity index (χ0n) is 13.7. The third-order valence-corrected chi connectivity index (χ3v) is 5.11. The number of fused-ring (bicyclic) bond motifs is 1. The number of likely N-dealkylation sites (tertiary alicyclic amines) is 1. The molecule has 1 saturated heterocycles. The van der Waals surface area contributed by atoms with E-state index in [4.69, 9.17) is 5.73 Å². The predicted molar refractivity (Wildman–Crippen MR) is 90.1 cm³/mol. The molecule has 124 valence electrons. The van der Waals surface area contributed by atoms with E-state index in [1.807, 2.05) is 17.9 Å². The van der Waals surface area contributed by atoms with E-state index in [2.05, 4.69) is 23.1 Å². The highest BCUT2D eigenvalue weighted by molar-refractivity contribution is 5.86. The summed E-state index contributed by atoms with van der Waals surface area (Å²) in [5, 5.41) is 0. The fraction of sp³-hybridized carbons (Fsp3) is 0.556. The molecule has 0 aromatic heterocycles. The van der Waals surface area contributed by atoms with Crippen LogP contribution in [0.15, 0.2) is 24.3 Å². The number of para-hydroxylation sites is 1. The lowest BCUT2D eigenvalue weighted by molar-refractivity contribution is -0.135. The number of hydrogen-bond acceptors (Lipinski definition) is 3. The number of carbonyl (C=O) groups excluding carboxylic acids is 2. The molecule has 0 bridgehead atoms. The summed E-state index contributed by atoms with van der Waals surface area (Å²) in [5.41, 5.74) is 7.91. The molecule has 1 fully saturated rings. The predicted octanol–water partition coefficient (Wildman–Crippen LogP) is 1.55. The molecular weight excluding hydrogens is 290 g/mol. The van der Waals surface area contributed by atoms with E-state index in [0.717, 1.165) is 38.8 Å². The van der Waals surface area contributed by atoms with Crippen molar-refractivity contribution in [3.05, 3.63) is 29.8 Å². The molecule has 0 aliphatic carbocycles. The van der Waals surface area contributed by atoms with Crippen LogP contribution in [0, 0.1) is 5.92 Å². The summed E-state index contributed by atoms with van der Waals surface area (Å²) < 4.78 is 0. The molecule has 23 heavy (non-hydrogen) atoms. The van der Waals surface area contributed by atoms with E-state index in [-0.39, 0.29) is 23.8 Å². The molecule has 0 saturated carbocycles. The average molecular weight is 315 g/mol. The van der Waals surface area contributed by atoms with Crippen molar-refractivity contribution >= 4 is 17.5 Å². The first-order valence-corrected chi connectivity index (χ1v) is 8.50. The zero-order chi connectivity index (χ0) is 16.4. The van der Waals surface area contributed by atoms with Crippen LogP contribution in [0.25, 0.3) is 0 Å². The van der Waals surface area contributed by atoms with Crippen molar-refractivity contribution in [3.8, 4) is 0 Å². The van der Waals surface area contributed by atoms with E-state index in [9.17, 15) is 9.59 Å². The van der Waals surface area contributed by atoms with Crippen molar-refractivity contribution < 1.29 is 9.59 Å². The normalized spacial score (nSPS) is 22.4. The van der Waals surface area contributed by atoms with E-state index in [1.165, 1.54) is 11.3 Å². The minimum Gasteiger partial charge on any atom is -0.369 e. The van der Waals surface area contributed by atoms with Crippen LogP contribution >= 0.6 is 0 Å². The van der Waals surface area contributed by atoms with Crippen molar-refractivity contribution in [3.63, 3.8) is 0 Å². The topological polar surface area (TPSA) is 66.6 Å². The highest BCUT2D eigenvalue weighted by atomic mass is 16.2. The summed E-state index contributed by atoms with van der Waals surface area (Å²) in [5.74, 6) is -0.389. The second-order valence-electron chi connectivity index (χ2n) is 6.63. The molecule has 5 heteroatoms. The van der Waals surface area contributed by atoms with Crippen LogP contribution in [0.3, 0.4) is 0 Å². The second kappa shape index (κ2) is 6.60. The van der Waals surface area contributed by atoms with Gasteiger partial charge >= 0.3 is 0 Å². The molecule has 2 heterocycles. The smallest absolute Gasteiger partial charge is 0.245 e. The third kappa shape index (κ3) is 3.19. The number of aryl methyl sites for hydroxylation is 1. The number of nitrogens with two attached hydrogens (primary N) is 1. The Bertz CT molecular complexity index is 602. The Balaban J connectivity index is 1.74. The maximum Gasteiger partial charge on any atom is 0.245 e. The Hall–Kier alpha value is -2.04. The summed E-state index contributed by atoms with van der Waals surface area (Å²) >= 11 is 0. The van der Waals surface area contributed by atoms with Gasteiger partial charge in [-0.2, -0.15) is 0 Å². The fourth-order valence-electron chi connectivity index (χ4n) is 3.77. The van der Waals surface area contributed by atoms with Crippen molar-refractivity contribution in [1.29, 1.82) is 0 Å². The van der Waals surface area contributed by atoms with Crippen LogP contribution in [0.5, 0.6) is 0 Å². The van der Waals surface area contributed by atoms with E-state index >= 15 is 0 Å². The number of anilines is 1. The Morgan fingerprint density at radius 1 is 1.22 bits per heavy atom. The Labute approximate surface area is 137 Å². The Morgan fingerprint density at radius 2 is 2.00 bits per heavy atom. The van der Waals surface area contributed by atoms with Crippen molar-refractivity contribution in [2.24, 2.45) is 11.7 Å². The number of hydrogen-bond donors (Lipinski definition) is 1. The molecule has 0 unspecified atom stereocenters. The molecule has 1 aromatic rings. The van der Waals surface area contributed by atoms with Gasteiger partial charge in [-0.3, -0.25) is 9.59 Å². The second-order valence-corrected chi connectivity index (χ2v) is 6.63. The van der Waals surface area contributed by atoms with Gasteiger partial charge < -0.3 is 15.5 Å². The number of amides is 2. The van der Waals surface area contributed by atoms with Crippen LogP contribution in [0.4, 0.5) is 5.69 Å². The van der Waals surface area contributed by atoms with Gasteiger partial charge in [-0.15, -0.1) is 0 Å². The SMILES string of the molecule is C[C@@H](C(=O)N1CCC[C@@H](C(N)=O)C1)N1CCCc2ccccc21. The number of nitrogens with zero attached hydrogens (tertiary/aromatic N) is 2. The van der Waals surface area contributed by atoms with Crippen molar-refractivity contribution in [2.45, 2.75) is 38.6 Å². The van der Waals surface area contributed by atoms with Gasteiger partial charge in [-0.05, 0) is 44.2 Å². The van der Waals surface area contributed by atoms with Crippen LogP contribution in [0.2, 0.25) is 0 Å². The van der Waals surface area contributed by atoms with Gasteiger partial charge in [0.15, 0.2) is 0 Å². The number of primary amides is 1. The van der Waals surface area contributed by atoms with Crippen LogP contribution in [-0.2, 0) is 16.0 Å². The number of benzene rings is 1. The molecule has 2 N–H and O–H groups in total. The van der Waals surface area contributed by atoms with Crippen LogP contribution in [-0.4, -0.2) is 42.4 Å². The van der Waals surface area contributed by atoms with Gasteiger partial charge in [-0.25, -0.2) is 0 Å². The maximum absolute atomic E-state index is 12.9. The summed E-state index contributed by atoms with van der Waals surface area (Å²) in [6.07, 6.45) is 3.78. The lowest BCUT2D eigenvalue weighted by Gasteiger charge is -2.39. The number of rotatable bonds is 3. The monoisotopic (exact) mass is 315 g/mol.